The highest BCUT2D eigenvalue weighted by molar-refractivity contribution is 4.87. The summed E-state index contributed by atoms with van der Waals surface area (Å²) in [6, 6.07) is 1.45. The Hall–Kier alpha value is -0.0800. The zero-order valence-electron chi connectivity index (χ0n) is 11.8. The summed E-state index contributed by atoms with van der Waals surface area (Å²) in [6.45, 7) is 11.7. The van der Waals surface area contributed by atoms with E-state index in [1.165, 1.54) is 19.3 Å². The van der Waals surface area contributed by atoms with E-state index in [9.17, 15) is 0 Å². The van der Waals surface area contributed by atoms with Gasteiger partial charge in [0.05, 0.1) is 0 Å². The van der Waals surface area contributed by atoms with E-state index in [0.29, 0.717) is 6.04 Å². The van der Waals surface area contributed by atoms with Gasteiger partial charge >= 0.3 is 0 Å². The maximum absolute atomic E-state index is 3.53. The molecule has 1 rings (SSSR count). The van der Waals surface area contributed by atoms with Crippen molar-refractivity contribution in [3.63, 3.8) is 0 Å². The summed E-state index contributed by atoms with van der Waals surface area (Å²) in [5, 5.41) is 3.53. The molecule has 0 amide bonds. The van der Waals surface area contributed by atoms with Crippen LogP contribution in [0.2, 0.25) is 0 Å². The van der Waals surface area contributed by atoms with Gasteiger partial charge in [-0.3, -0.25) is 0 Å². The van der Waals surface area contributed by atoms with E-state index in [0.717, 1.165) is 31.0 Å². The van der Waals surface area contributed by atoms with Gasteiger partial charge in [-0.2, -0.15) is 0 Å². The van der Waals surface area contributed by atoms with Crippen molar-refractivity contribution in [3.05, 3.63) is 0 Å². The first-order valence-electron chi connectivity index (χ1n) is 7.00. The van der Waals surface area contributed by atoms with Gasteiger partial charge in [-0.1, -0.05) is 13.8 Å². The van der Waals surface area contributed by atoms with Gasteiger partial charge in [-0.15, -0.1) is 0 Å². The molecule has 0 radical (unpaired) electrons. The number of nitrogens with one attached hydrogen (secondary N) is 1. The molecule has 2 heteroatoms. The van der Waals surface area contributed by atoms with Gasteiger partial charge in [0.2, 0.25) is 0 Å². The Morgan fingerprint density at radius 1 is 1.25 bits per heavy atom. The molecule has 0 aromatic heterocycles. The molecule has 16 heavy (non-hydrogen) atoms. The first-order chi connectivity index (χ1) is 7.57. The van der Waals surface area contributed by atoms with Gasteiger partial charge in [0.25, 0.3) is 0 Å². The van der Waals surface area contributed by atoms with Crippen LogP contribution < -0.4 is 5.32 Å². The zero-order chi connectivity index (χ0) is 12.1. The number of nitrogens with zero attached hydrogens (tertiary/aromatic N) is 1. The van der Waals surface area contributed by atoms with Crippen LogP contribution in [0.15, 0.2) is 0 Å². The van der Waals surface area contributed by atoms with Crippen molar-refractivity contribution in [1.82, 2.24) is 10.2 Å². The number of hydrogen-bond acceptors (Lipinski definition) is 2. The molecule has 96 valence electrons. The number of rotatable bonds is 8. The lowest BCUT2D eigenvalue weighted by Crippen LogP contribution is -2.44. The first kappa shape index (κ1) is 14.0. The van der Waals surface area contributed by atoms with Crippen LogP contribution in [0.4, 0.5) is 0 Å². The van der Waals surface area contributed by atoms with Crippen LogP contribution in [-0.2, 0) is 0 Å². The van der Waals surface area contributed by atoms with Crippen molar-refractivity contribution in [3.8, 4) is 0 Å². The van der Waals surface area contributed by atoms with Gasteiger partial charge in [0.1, 0.15) is 0 Å². The van der Waals surface area contributed by atoms with Crippen molar-refractivity contribution in [2.24, 2.45) is 11.8 Å². The third-order valence-electron chi connectivity index (χ3n) is 4.31. The maximum Gasteiger partial charge on any atom is 0.0105 e. The highest BCUT2D eigenvalue weighted by Gasteiger charge is 2.33. The molecule has 2 nitrogen and oxygen atoms in total. The van der Waals surface area contributed by atoms with E-state index >= 15 is 0 Å². The zero-order valence-corrected chi connectivity index (χ0v) is 11.8. The summed E-state index contributed by atoms with van der Waals surface area (Å²) in [5.41, 5.74) is 0. The first-order valence-corrected chi connectivity index (χ1v) is 7.00. The molecule has 1 fully saturated rings. The van der Waals surface area contributed by atoms with Gasteiger partial charge in [0, 0.05) is 12.1 Å². The second kappa shape index (κ2) is 6.61. The van der Waals surface area contributed by atoms with Crippen molar-refractivity contribution < 1.29 is 0 Å². The molecule has 1 saturated carbocycles. The van der Waals surface area contributed by atoms with Gasteiger partial charge in [0.15, 0.2) is 0 Å². The smallest absolute Gasteiger partial charge is 0.0105 e. The Balaban J connectivity index is 2.27. The molecular weight excluding hydrogens is 196 g/mol. The minimum Gasteiger partial charge on any atom is -0.316 e. The topological polar surface area (TPSA) is 15.3 Å². The monoisotopic (exact) mass is 226 g/mol. The van der Waals surface area contributed by atoms with Crippen LogP contribution in [0.3, 0.4) is 0 Å². The summed E-state index contributed by atoms with van der Waals surface area (Å²) in [6.07, 6.45) is 4.12. The normalized spacial score (nSPS) is 22.1. The quantitative estimate of drug-likeness (QED) is 0.640. The van der Waals surface area contributed by atoms with Crippen LogP contribution >= 0.6 is 0 Å². The Labute approximate surface area is 102 Å². The standard InChI is InChI=1S/C14H30N2/c1-6-9-15-10-11(2)12(3)16(5)13(4)14-7-8-14/h11-15H,6-10H2,1-5H3. The highest BCUT2D eigenvalue weighted by Crippen LogP contribution is 2.35. The molecular formula is C14H30N2. The van der Waals surface area contributed by atoms with Crippen LogP contribution in [0.25, 0.3) is 0 Å². The Morgan fingerprint density at radius 3 is 2.38 bits per heavy atom. The van der Waals surface area contributed by atoms with Crippen LogP contribution in [0.5, 0.6) is 0 Å². The van der Waals surface area contributed by atoms with Gasteiger partial charge in [-0.05, 0) is 65.1 Å². The number of hydrogen-bond donors (Lipinski definition) is 1. The lowest BCUT2D eigenvalue weighted by atomic mass is 10.00. The molecule has 0 aromatic rings. The van der Waals surface area contributed by atoms with E-state index in [1.54, 1.807) is 0 Å². The van der Waals surface area contributed by atoms with E-state index in [4.69, 9.17) is 0 Å². The molecule has 3 atom stereocenters. The molecule has 1 aliphatic carbocycles. The third kappa shape index (κ3) is 4.06. The summed E-state index contributed by atoms with van der Waals surface area (Å²) in [4.78, 5) is 2.58. The summed E-state index contributed by atoms with van der Waals surface area (Å²) in [7, 11) is 2.30. The predicted molar refractivity (Wildman–Crippen MR) is 71.7 cm³/mol. The van der Waals surface area contributed by atoms with Gasteiger partial charge < -0.3 is 10.2 Å². The average molecular weight is 226 g/mol. The molecule has 3 unspecified atom stereocenters. The fraction of sp³-hybridized carbons (Fsp3) is 1.00. The second-order valence-electron chi connectivity index (χ2n) is 5.67. The fourth-order valence-corrected chi connectivity index (χ4v) is 2.36. The molecule has 0 aromatic carbocycles. The lowest BCUT2D eigenvalue weighted by Gasteiger charge is -2.35. The predicted octanol–water partition coefficient (Wildman–Crippen LogP) is 2.74. The highest BCUT2D eigenvalue weighted by atomic mass is 15.2. The molecule has 0 heterocycles. The summed E-state index contributed by atoms with van der Waals surface area (Å²) >= 11 is 0. The second-order valence-corrected chi connectivity index (χ2v) is 5.67. The SMILES string of the molecule is CCCNCC(C)C(C)N(C)C(C)C1CC1. The summed E-state index contributed by atoms with van der Waals surface area (Å²) in [5.74, 6) is 1.71. The average Bonchev–Trinajstić information content (AvgIpc) is 3.10. The van der Waals surface area contributed by atoms with Crippen LogP contribution in [-0.4, -0.2) is 37.1 Å². The molecule has 0 aliphatic heterocycles. The van der Waals surface area contributed by atoms with Crippen molar-refractivity contribution in [2.45, 2.75) is 59.0 Å². The molecule has 1 N–H and O–H groups in total. The molecule has 0 saturated heterocycles. The summed E-state index contributed by atoms with van der Waals surface area (Å²) < 4.78 is 0. The van der Waals surface area contributed by atoms with Crippen LogP contribution in [0.1, 0.15) is 47.0 Å². The Morgan fingerprint density at radius 2 is 1.88 bits per heavy atom. The Kier molecular flexibility index (Phi) is 5.77. The van der Waals surface area contributed by atoms with E-state index in [2.05, 4.69) is 45.0 Å². The van der Waals surface area contributed by atoms with Crippen molar-refractivity contribution >= 4 is 0 Å². The third-order valence-corrected chi connectivity index (χ3v) is 4.31. The molecule has 1 aliphatic rings. The molecule has 0 spiro atoms. The largest absolute Gasteiger partial charge is 0.316 e. The fourth-order valence-electron chi connectivity index (χ4n) is 2.36. The van der Waals surface area contributed by atoms with Crippen molar-refractivity contribution in [2.75, 3.05) is 20.1 Å². The minimum atomic E-state index is 0.681. The van der Waals surface area contributed by atoms with Crippen LogP contribution in [0, 0.1) is 11.8 Å². The lowest BCUT2D eigenvalue weighted by molar-refractivity contribution is 0.136. The van der Waals surface area contributed by atoms with Crippen molar-refractivity contribution in [1.29, 1.82) is 0 Å². The Bertz CT molecular complexity index is 189. The minimum absolute atomic E-state index is 0.681. The maximum atomic E-state index is 3.53. The van der Waals surface area contributed by atoms with E-state index in [1.807, 2.05) is 0 Å². The molecule has 0 bridgehead atoms. The van der Waals surface area contributed by atoms with E-state index < -0.39 is 0 Å². The van der Waals surface area contributed by atoms with E-state index in [-0.39, 0.29) is 0 Å². The van der Waals surface area contributed by atoms with Gasteiger partial charge in [-0.25, -0.2) is 0 Å².